The topological polar surface area (TPSA) is 50.7 Å². The molecule has 0 aliphatic carbocycles. The lowest BCUT2D eigenvalue weighted by Crippen LogP contribution is -2.12. The number of likely N-dealkylation sites (N-methyl/N-ethyl adjacent to an activating group) is 1. The quantitative estimate of drug-likeness (QED) is 0.863. The maximum Gasteiger partial charge on any atom is 0.130 e. The lowest BCUT2D eigenvalue weighted by atomic mass is 10.2. The summed E-state index contributed by atoms with van der Waals surface area (Å²) in [6.45, 7) is 2.88. The molecule has 0 amide bonds. The van der Waals surface area contributed by atoms with Crippen LogP contribution in [0.15, 0.2) is 30.6 Å². The van der Waals surface area contributed by atoms with E-state index in [1.165, 1.54) is 0 Å². The third kappa shape index (κ3) is 3.07. The van der Waals surface area contributed by atoms with Crippen LogP contribution in [-0.2, 0) is 6.42 Å². The highest BCUT2D eigenvalue weighted by Crippen LogP contribution is 2.16. The first-order valence-electron chi connectivity index (χ1n) is 5.69. The van der Waals surface area contributed by atoms with Gasteiger partial charge in [0.2, 0.25) is 0 Å². The fraction of sp³-hybridized carbons (Fsp3) is 0.308. The van der Waals surface area contributed by atoms with E-state index in [1.54, 1.807) is 6.20 Å². The molecule has 0 aliphatic heterocycles. The van der Waals surface area contributed by atoms with Gasteiger partial charge in [0.25, 0.3) is 0 Å². The van der Waals surface area contributed by atoms with Crippen molar-refractivity contribution < 1.29 is 0 Å². The second kappa shape index (κ2) is 5.50. The van der Waals surface area contributed by atoms with Gasteiger partial charge >= 0.3 is 0 Å². The van der Waals surface area contributed by atoms with Crippen LogP contribution in [-0.4, -0.2) is 28.5 Å². The molecule has 4 nitrogen and oxygen atoms in total. The van der Waals surface area contributed by atoms with Crippen LogP contribution in [0.25, 0.3) is 11.3 Å². The van der Waals surface area contributed by atoms with Gasteiger partial charge in [0.05, 0.1) is 5.69 Å². The van der Waals surface area contributed by atoms with Gasteiger partial charge in [-0.1, -0.05) is 0 Å². The highest BCUT2D eigenvalue weighted by atomic mass is 14.9. The standard InChI is InChI=1S/C13H16N4/c1-10-8-12(11-4-3-6-15-9-11)17-13(16-10)5-7-14-2/h3-4,6,8-9,14H,5,7H2,1-2H3. The van der Waals surface area contributed by atoms with E-state index in [2.05, 4.69) is 20.3 Å². The summed E-state index contributed by atoms with van der Waals surface area (Å²) in [6, 6.07) is 5.91. The Hall–Kier alpha value is -1.81. The molecule has 2 rings (SSSR count). The van der Waals surface area contributed by atoms with Crippen molar-refractivity contribution in [2.45, 2.75) is 13.3 Å². The number of pyridine rings is 1. The molecular formula is C13H16N4. The molecule has 1 N–H and O–H groups in total. The van der Waals surface area contributed by atoms with Crippen molar-refractivity contribution in [3.63, 3.8) is 0 Å². The number of nitrogens with zero attached hydrogens (tertiary/aromatic N) is 3. The molecule has 0 spiro atoms. The predicted octanol–water partition coefficient (Wildman–Crippen LogP) is 1.61. The summed E-state index contributed by atoms with van der Waals surface area (Å²) in [7, 11) is 1.93. The van der Waals surface area contributed by atoms with Gasteiger partial charge in [0.1, 0.15) is 5.82 Å². The molecule has 0 aromatic carbocycles. The van der Waals surface area contributed by atoms with Crippen molar-refractivity contribution >= 4 is 0 Å². The van der Waals surface area contributed by atoms with Gasteiger partial charge < -0.3 is 5.32 Å². The lowest BCUT2D eigenvalue weighted by Gasteiger charge is -2.05. The summed E-state index contributed by atoms with van der Waals surface area (Å²) < 4.78 is 0. The number of rotatable bonds is 4. The summed E-state index contributed by atoms with van der Waals surface area (Å²) >= 11 is 0. The van der Waals surface area contributed by atoms with E-state index in [1.807, 2.05) is 38.4 Å². The maximum absolute atomic E-state index is 4.55. The zero-order chi connectivity index (χ0) is 12.1. The van der Waals surface area contributed by atoms with E-state index < -0.39 is 0 Å². The average Bonchev–Trinajstić information content (AvgIpc) is 2.37. The van der Waals surface area contributed by atoms with Gasteiger partial charge in [0.15, 0.2) is 0 Å². The van der Waals surface area contributed by atoms with Gasteiger partial charge in [-0.2, -0.15) is 0 Å². The largest absolute Gasteiger partial charge is 0.319 e. The van der Waals surface area contributed by atoms with Crippen LogP contribution in [0, 0.1) is 6.92 Å². The second-order valence-electron chi connectivity index (χ2n) is 3.91. The average molecular weight is 228 g/mol. The van der Waals surface area contributed by atoms with Gasteiger partial charge in [-0.05, 0) is 32.2 Å². The van der Waals surface area contributed by atoms with Crippen LogP contribution >= 0.6 is 0 Å². The fourth-order valence-corrected chi connectivity index (χ4v) is 1.64. The molecule has 0 saturated heterocycles. The summed E-state index contributed by atoms with van der Waals surface area (Å²) in [6.07, 6.45) is 4.43. The molecule has 4 heteroatoms. The molecule has 0 saturated carbocycles. The summed E-state index contributed by atoms with van der Waals surface area (Å²) in [5.41, 5.74) is 2.96. The molecular weight excluding hydrogens is 212 g/mol. The Morgan fingerprint density at radius 1 is 1.29 bits per heavy atom. The normalized spacial score (nSPS) is 10.5. The molecule has 17 heavy (non-hydrogen) atoms. The predicted molar refractivity (Wildman–Crippen MR) is 67.6 cm³/mol. The Balaban J connectivity index is 2.32. The van der Waals surface area contributed by atoms with Gasteiger partial charge in [-0.25, -0.2) is 9.97 Å². The number of nitrogens with one attached hydrogen (secondary N) is 1. The third-order valence-electron chi connectivity index (χ3n) is 2.46. The molecule has 88 valence electrons. The number of hydrogen-bond acceptors (Lipinski definition) is 4. The summed E-state index contributed by atoms with van der Waals surface area (Å²) in [5, 5.41) is 3.10. The molecule has 0 aliphatic rings. The Morgan fingerprint density at radius 3 is 2.88 bits per heavy atom. The first kappa shape index (κ1) is 11.7. The highest BCUT2D eigenvalue weighted by molar-refractivity contribution is 5.57. The van der Waals surface area contributed by atoms with E-state index in [0.717, 1.165) is 35.7 Å². The first-order chi connectivity index (χ1) is 8.29. The minimum Gasteiger partial charge on any atom is -0.319 e. The number of hydrogen-bond donors (Lipinski definition) is 1. The van der Waals surface area contributed by atoms with E-state index >= 15 is 0 Å². The van der Waals surface area contributed by atoms with Gasteiger partial charge in [-0.3, -0.25) is 4.98 Å². The minimum absolute atomic E-state index is 0.839. The molecule has 2 heterocycles. The first-order valence-corrected chi connectivity index (χ1v) is 5.69. The molecule has 0 bridgehead atoms. The molecule has 0 atom stereocenters. The molecule has 2 aromatic heterocycles. The van der Waals surface area contributed by atoms with Crippen molar-refractivity contribution in [2.24, 2.45) is 0 Å². The smallest absolute Gasteiger partial charge is 0.130 e. The Bertz CT molecular complexity index is 482. The zero-order valence-corrected chi connectivity index (χ0v) is 10.1. The highest BCUT2D eigenvalue weighted by Gasteiger charge is 2.04. The molecule has 0 unspecified atom stereocenters. The Labute approximate surface area is 101 Å². The lowest BCUT2D eigenvalue weighted by molar-refractivity contribution is 0.752. The van der Waals surface area contributed by atoms with Crippen LogP contribution in [0.3, 0.4) is 0 Å². The maximum atomic E-state index is 4.55. The third-order valence-corrected chi connectivity index (χ3v) is 2.46. The van der Waals surface area contributed by atoms with Crippen molar-refractivity contribution in [3.05, 3.63) is 42.1 Å². The fourth-order valence-electron chi connectivity index (χ4n) is 1.64. The SMILES string of the molecule is CNCCc1nc(C)cc(-c2cccnc2)n1. The van der Waals surface area contributed by atoms with E-state index in [4.69, 9.17) is 0 Å². The van der Waals surface area contributed by atoms with Crippen LogP contribution in [0.4, 0.5) is 0 Å². The van der Waals surface area contributed by atoms with Crippen molar-refractivity contribution in [2.75, 3.05) is 13.6 Å². The summed E-state index contributed by atoms with van der Waals surface area (Å²) in [4.78, 5) is 13.1. The molecule has 2 aromatic rings. The van der Waals surface area contributed by atoms with Crippen molar-refractivity contribution in [1.29, 1.82) is 0 Å². The Kier molecular flexibility index (Phi) is 3.77. The van der Waals surface area contributed by atoms with Gasteiger partial charge in [-0.15, -0.1) is 0 Å². The minimum atomic E-state index is 0.839. The van der Waals surface area contributed by atoms with E-state index in [0.29, 0.717) is 0 Å². The zero-order valence-electron chi connectivity index (χ0n) is 10.1. The summed E-state index contributed by atoms with van der Waals surface area (Å²) in [5.74, 6) is 0.873. The van der Waals surface area contributed by atoms with Crippen molar-refractivity contribution in [3.8, 4) is 11.3 Å². The van der Waals surface area contributed by atoms with Crippen LogP contribution < -0.4 is 5.32 Å². The van der Waals surface area contributed by atoms with Crippen LogP contribution in [0.1, 0.15) is 11.5 Å². The van der Waals surface area contributed by atoms with Crippen LogP contribution in [0.5, 0.6) is 0 Å². The molecule has 0 fully saturated rings. The molecule has 0 radical (unpaired) electrons. The van der Waals surface area contributed by atoms with E-state index in [9.17, 15) is 0 Å². The van der Waals surface area contributed by atoms with Crippen LogP contribution in [0.2, 0.25) is 0 Å². The second-order valence-corrected chi connectivity index (χ2v) is 3.91. The van der Waals surface area contributed by atoms with E-state index in [-0.39, 0.29) is 0 Å². The van der Waals surface area contributed by atoms with Gasteiger partial charge in [0, 0.05) is 36.6 Å². The van der Waals surface area contributed by atoms with Crippen molar-refractivity contribution in [1.82, 2.24) is 20.3 Å². The number of aromatic nitrogens is 3. The Morgan fingerprint density at radius 2 is 2.18 bits per heavy atom. The monoisotopic (exact) mass is 228 g/mol. The number of aryl methyl sites for hydroxylation is 1.